The van der Waals surface area contributed by atoms with Crippen molar-refractivity contribution in [2.24, 2.45) is 0 Å². The number of nitrogen functional groups attached to an aromatic ring is 1. The molecule has 3 N–H and O–H groups in total. The number of carbonyl (C=O) groups excluding carboxylic acids is 1. The molecule has 5 heteroatoms. The van der Waals surface area contributed by atoms with Crippen LogP contribution < -0.4 is 11.1 Å². The van der Waals surface area contributed by atoms with Gasteiger partial charge >= 0.3 is 5.97 Å². The van der Waals surface area contributed by atoms with Crippen molar-refractivity contribution in [3.63, 3.8) is 0 Å². The first-order valence-corrected chi connectivity index (χ1v) is 6.31. The van der Waals surface area contributed by atoms with Crippen LogP contribution in [0.4, 0.5) is 11.5 Å². The summed E-state index contributed by atoms with van der Waals surface area (Å²) < 4.78 is 5.00. The number of ether oxygens (including phenoxy) is 1. The van der Waals surface area contributed by atoms with E-state index in [1.165, 1.54) is 6.20 Å². The molecule has 0 bridgehead atoms. The second kappa shape index (κ2) is 6.83. The van der Waals surface area contributed by atoms with E-state index in [4.69, 9.17) is 10.5 Å². The minimum Gasteiger partial charge on any atom is -0.462 e. The third-order valence-electron chi connectivity index (χ3n) is 2.73. The zero-order valence-electron chi connectivity index (χ0n) is 11.2. The zero-order chi connectivity index (χ0) is 13.5. The van der Waals surface area contributed by atoms with Crippen molar-refractivity contribution in [1.29, 1.82) is 0 Å². The molecule has 0 atom stereocenters. The molecule has 0 amide bonds. The summed E-state index contributed by atoms with van der Waals surface area (Å²) in [7, 11) is 0. The number of hydrogen-bond donors (Lipinski definition) is 2. The largest absolute Gasteiger partial charge is 0.462 e. The van der Waals surface area contributed by atoms with Crippen molar-refractivity contribution in [1.82, 2.24) is 4.98 Å². The van der Waals surface area contributed by atoms with Crippen LogP contribution in [-0.2, 0) is 4.74 Å². The second-order valence-electron chi connectivity index (χ2n) is 4.04. The summed E-state index contributed by atoms with van der Waals surface area (Å²) in [5.41, 5.74) is 6.50. The van der Waals surface area contributed by atoms with E-state index in [1.54, 1.807) is 13.0 Å². The molecule has 0 saturated heterocycles. The Morgan fingerprint density at radius 2 is 2.11 bits per heavy atom. The molecular formula is C13H21N3O2. The number of pyridine rings is 1. The highest BCUT2D eigenvalue weighted by atomic mass is 16.5. The standard InChI is InChI=1S/C13H21N3O2/c1-4-10(5-2)16-12-11(13(17)18-6-3)7-9(14)8-15-12/h7-8,10H,4-6,14H2,1-3H3,(H,15,16). The summed E-state index contributed by atoms with van der Waals surface area (Å²) in [6.45, 7) is 6.27. The smallest absolute Gasteiger partial charge is 0.341 e. The summed E-state index contributed by atoms with van der Waals surface area (Å²) in [5.74, 6) is 0.141. The fraction of sp³-hybridized carbons (Fsp3) is 0.538. The quantitative estimate of drug-likeness (QED) is 0.759. The Morgan fingerprint density at radius 3 is 2.67 bits per heavy atom. The van der Waals surface area contributed by atoms with Crippen LogP contribution in [0.25, 0.3) is 0 Å². The van der Waals surface area contributed by atoms with Gasteiger partial charge in [-0.05, 0) is 25.8 Å². The third kappa shape index (κ3) is 3.61. The van der Waals surface area contributed by atoms with Gasteiger partial charge in [-0.1, -0.05) is 13.8 Å². The lowest BCUT2D eigenvalue weighted by molar-refractivity contribution is 0.0527. The van der Waals surface area contributed by atoms with Gasteiger partial charge < -0.3 is 15.8 Å². The van der Waals surface area contributed by atoms with Crippen molar-refractivity contribution in [2.45, 2.75) is 39.7 Å². The normalized spacial score (nSPS) is 10.4. The molecule has 1 aromatic heterocycles. The second-order valence-corrected chi connectivity index (χ2v) is 4.04. The maximum atomic E-state index is 11.8. The van der Waals surface area contributed by atoms with Crippen LogP contribution in [-0.4, -0.2) is 23.6 Å². The number of esters is 1. The van der Waals surface area contributed by atoms with Crippen LogP contribution in [0.3, 0.4) is 0 Å². The molecule has 100 valence electrons. The summed E-state index contributed by atoms with van der Waals surface area (Å²) in [4.78, 5) is 16.0. The van der Waals surface area contributed by atoms with E-state index in [2.05, 4.69) is 24.1 Å². The van der Waals surface area contributed by atoms with Gasteiger partial charge in [0, 0.05) is 6.04 Å². The maximum absolute atomic E-state index is 11.8. The average molecular weight is 251 g/mol. The number of nitrogens with zero attached hydrogens (tertiary/aromatic N) is 1. The Hall–Kier alpha value is -1.78. The zero-order valence-corrected chi connectivity index (χ0v) is 11.2. The van der Waals surface area contributed by atoms with Gasteiger partial charge in [0.25, 0.3) is 0 Å². The van der Waals surface area contributed by atoms with Gasteiger partial charge in [-0.2, -0.15) is 0 Å². The van der Waals surface area contributed by atoms with Gasteiger partial charge in [-0.25, -0.2) is 9.78 Å². The predicted molar refractivity (Wildman–Crippen MR) is 72.6 cm³/mol. The van der Waals surface area contributed by atoms with Crippen molar-refractivity contribution < 1.29 is 9.53 Å². The Morgan fingerprint density at radius 1 is 1.44 bits per heavy atom. The summed E-state index contributed by atoms with van der Waals surface area (Å²) in [5, 5.41) is 3.25. The van der Waals surface area contributed by atoms with E-state index in [0.717, 1.165) is 12.8 Å². The van der Waals surface area contributed by atoms with Crippen LogP contribution in [0.5, 0.6) is 0 Å². The van der Waals surface area contributed by atoms with Crippen molar-refractivity contribution in [3.8, 4) is 0 Å². The molecule has 1 rings (SSSR count). The predicted octanol–water partition coefficient (Wildman–Crippen LogP) is 2.44. The molecule has 0 aliphatic rings. The minimum absolute atomic E-state index is 0.286. The lowest BCUT2D eigenvalue weighted by Crippen LogP contribution is -2.21. The van der Waals surface area contributed by atoms with Gasteiger partial charge in [0.1, 0.15) is 11.4 Å². The van der Waals surface area contributed by atoms with E-state index in [9.17, 15) is 4.79 Å². The SMILES string of the molecule is CCOC(=O)c1cc(N)cnc1NC(CC)CC. The molecule has 18 heavy (non-hydrogen) atoms. The van der Waals surface area contributed by atoms with Crippen molar-refractivity contribution in [3.05, 3.63) is 17.8 Å². The third-order valence-corrected chi connectivity index (χ3v) is 2.73. The molecule has 5 nitrogen and oxygen atoms in total. The van der Waals surface area contributed by atoms with Gasteiger partial charge in [-0.15, -0.1) is 0 Å². The van der Waals surface area contributed by atoms with Gasteiger partial charge in [-0.3, -0.25) is 0 Å². The highest BCUT2D eigenvalue weighted by molar-refractivity contribution is 5.95. The van der Waals surface area contributed by atoms with Crippen LogP contribution in [0.1, 0.15) is 44.0 Å². The van der Waals surface area contributed by atoms with Gasteiger partial charge in [0.05, 0.1) is 18.5 Å². The molecule has 0 aromatic carbocycles. The van der Waals surface area contributed by atoms with Crippen LogP contribution in [0, 0.1) is 0 Å². The van der Waals surface area contributed by atoms with Gasteiger partial charge in [0.2, 0.25) is 0 Å². The highest BCUT2D eigenvalue weighted by Crippen LogP contribution is 2.19. The lowest BCUT2D eigenvalue weighted by Gasteiger charge is -2.17. The number of carbonyl (C=O) groups is 1. The number of aromatic nitrogens is 1. The Labute approximate surface area is 108 Å². The molecular weight excluding hydrogens is 230 g/mol. The first-order chi connectivity index (χ1) is 8.62. The number of anilines is 2. The van der Waals surface area contributed by atoms with Crippen molar-refractivity contribution in [2.75, 3.05) is 17.7 Å². The molecule has 0 saturated carbocycles. The maximum Gasteiger partial charge on any atom is 0.341 e. The fourth-order valence-corrected chi connectivity index (χ4v) is 1.65. The molecule has 0 aliphatic heterocycles. The molecule has 0 unspecified atom stereocenters. The van der Waals surface area contributed by atoms with E-state index in [1.807, 2.05) is 0 Å². The topological polar surface area (TPSA) is 77.2 Å². The summed E-state index contributed by atoms with van der Waals surface area (Å²) in [6, 6.07) is 1.88. The van der Waals surface area contributed by atoms with E-state index >= 15 is 0 Å². The number of nitrogens with one attached hydrogen (secondary N) is 1. The monoisotopic (exact) mass is 251 g/mol. The van der Waals surface area contributed by atoms with E-state index in [0.29, 0.717) is 23.7 Å². The Balaban J connectivity index is 2.99. The van der Waals surface area contributed by atoms with Gasteiger partial charge in [0.15, 0.2) is 0 Å². The molecule has 0 radical (unpaired) electrons. The molecule has 1 heterocycles. The van der Waals surface area contributed by atoms with Crippen LogP contribution in [0.2, 0.25) is 0 Å². The number of nitrogens with two attached hydrogens (primary N) is 1. The summed E-state index contributed by atoms with van der Waals surface area (Å²) >= 11 is 0. The molecule has 1 aromatic rings. The fourth-order valence-electron chi connectivity index (χ4n) is 1.65. The first kappa shape index (κ1) is 14.3. The van der Waals surface area contributed by atoms with E-state index in [-0.39, 0.29) is 6.04 Å². The average Bonchev–Trinajstić information content (AvgIpc) is 2.37. The Bertz CT molecular complexity index is 403. The summed E-state index contributed by atoms with van der Waals surface area (Å²) in [6.07, 6.45) is 3.46. The number of hydrogen-bond acceptors (Lipinski definition) is 5. The minimum atomic E-state index is -0.397. The molecule has 0 fully saturated rings. The Kier molecular flexibility index (Phi) is 5.42. The lowest BCUT2D eigenvalue weighted by atomic mass is 10.1. The van der Waals surface area contributed by atoms with Crippen LogP contribution >= 0.6 is 0 Å². The first-order valence-electron chi connectivity index (χ1n) is 6.31. The van der Waals surface area contributed by atoms with Crippen molar-refractivity contribution >= 4 is 17.5 Å². The van der Waals surface area contributed by atoms with Crippen LogP contribution in [0.15, 0.2) is 12.3 Å². The van der Waals surface area contributed by atoms with E-state index < -0.39 is 5.97 Å². The molecule has 0 aliphatic carbocycles. The number of rotatable bonds is 6. The molecule has 0 spiro atoms. The highest BCUT2D eigenvalue weighted by Gasteiger charge is 2.16.